The predicted molar refractivity (Wildman–Crippen MR) is 272 cm³/mol. The lowest BCUT2D eigenvalue weighted by molar-refractivity contribution is -0.143. The number of aromatic nitrogens is 1. The minimum absolute atomic E-state index is 0.000865. The van der Waals surface area contributed by atoms with Crippen LogP contribution in [0.15, 0.2) is 60.8 Å². The van der Waals surface area contributed by atoms with E-state index in [4.69, 9.17) is 11.5 Å². The molecule has 2 aromatic carbocycles. The number of likely N-dealkylation sites (tertiary alicyclic amines) is 1. The van der Waals surface area contributed by atoms with Crippen molar-refractivity contribution in [3.63, 3.8) is 0 Å². The molecular formula is C50H67N13O14. The lowest BCUT2D eigenvalue weighted by Gasteiger charge is -2.29. The number of aromatic amines is 1. The molecule has 16 N–H and O–H groups in total. The third-order valence-corrected chi connectivity index (χ3v) is 12.9. The Morgan fingerprint density at radius 1 is 0.688 bits per heavy atom. The maximum atomic E-state index is 14.1. The second-order valence-electron chi connectivity index (χ2n) is 19.1. The SMILES string of the molecule is CC(C)C(NC(=O)C1CCC(=O)N1)C(=O)NC(CC(N)=O)C(=O)NC(Cc1ccccc1)C(=O)NC(CO)C(=O)N1CCCC1C(=O)NCC(=O)NC(Cc1c[nH]c2ccccc12)C(=O)NCC(=O)NC(C(N)=O)C(C)O. The smallest absolute Gasteiger partial charge is 0.248 e. The van der Waals surface area contributed by atoms with Gasteiger partial charge in [-0.1, -0.05) is 62.4 Å². The highest BCUT2D eigenvalue weighted by atomic mass is 16.3. The van der Waals surface area contributed by atoms with Gasteiger partial charge in [0, 0.05) is 42.9 Å². The summed E-state index contributed by atoms with van der Waals surface area (Å²) in [6.07, 6.45) is 0.0239. The fourth-order valence-corrected chi connectivity index (χ4v) is 8.77. The summed E-state index contributed by atoms with van der Waals surface area (Å²) in [7, 11) is 0. The number of fused-ring (bicyclic) bond motifs is 1. The number of rotatable bonds is 27. The highest BCUT2D eigenvalue weighted by Crippen LogP contribution is 2.21. The summed E-state index contributed by atoms with van der Waals surface area (Å²) >= 11 is 0. The van der Waals surface area contributed by atoms with Crippen molar-refractivity contribution in [3.8, 4) is 0 Å². The average molecular weight is 1070 g/mol. The van der Waals surface area contributed by atoms with E-state index in [9.17, 15) is 67.7 Å². The van der Waals surface area contributed by atoms with Crippen LogP contribution < -0.4 is 59.3 Å². The van der Waals surface area contributed by atoms with Crippen LogP contribution in [0, 0.1) is 5.92 Å². The van der Waals surface area contributed by atoms with Crippen molar-refractivity contribution in [1.29, 1.82) is 0 Å². The number of aliphatic hydroxyl groups excluding tert-OH is 2. The van der Waals surface area contributed by atoms with Gasteiger partial charge in [0.25, 0.3) is 0 Å². The molecule has 5 rings (SSSR count). The number of aliphatic hydroxyl groups is 2. The Morgan fingerprint density at radius 2 is 1.31 bits per heavy atom. The first-order valence-electron chi connectivity index (χ1n) is 25.0. The van der Waals surface area contributed by atoms with Crippen LogP contribution in [0.3, 0.4) is 0 Å². The lowest BCUT2D eigenvalue weighted by atomic mass is 10.0. The zero-order chi connectivity index (χ0) is 56.5. The number of para-hydroxylation sites is 1. The van der Waals surface area contributed by atoms with Crippen molar-refractivity contribution < 1.29 is 67.7 Å². The van der Waals surface area contributed by atoms with E-state index in [-0.39, 0.29) is 44.6 Å². The minimum atomic E-state index is -1.67. The molecule has 0 spiro atoms. The number of nitrogens with zero attached hydrogens (tertiary/aromatic N) is 1. The first-order chi connectivity index (χ1) is 36.6. The molecule has 2 aliphatic heterocycles. The third kappa shape index (κ3) is 17.0. The van der Waals surface area contributed by atoms with Crippen LogP contribution in [0.2, 0.25) is 0 Å². The van der Waals surface area contributed by atoms with E-state index in [0.29, 0.717) is 17.5 Å². The number of nitrogens with one attached hydrogen (secondary N) is 10. The molecule has 3 heterocycles. The Morgan fingerprint density at radius 3 is 1.95 bits per heavy atom. The first kappa shape index (κ1) is 59.4. The predicted octanol–water partition coefficient (Wildman–Crippen LogP) is -5.25. The molecule has 12 amide bonds. The molecule has 27 heteroatoms. The summed E-state index contributed by atoms with van der Waals surface area (Å²) in [4.78, 5) is 162. The van der Waals surface area contributed by atoms with Gasteiger partial charge in [0.15, 0.2) is 0 Å². The van der Waals surface area contributed by atoms with Gasteiger partial charge < -0.3 is 79.4 Å². The molecule has 0 bridgehead atoms. The van der Waals surface area contributed by atoms with Gasteiger partial charge in [-0.25, -0.2) is 0 Å². The molecular weight excluding hydrogens is 1010 g/mol. The number of nitrogens with two attached hydrogens (primary N) is 2. The van der Waals surface area contributed by atoms with E-state index >= 15 is 0 Å². The van der Waals surface area contributed by atoms with Crippen LogP contribution in [0.4, 0.5) is 0 Å². The summed E-state index contributed by atoms with van der Waals surface area (Å²) in [6.45, 7) is 2.15. The number of benzene rings is 2. The molecule has 77 heavy (non-hydrogen) atoms. The number of carbonyl (C=O) groups excluding carboxylic acids is 12. The summed E-state index contributed by atoms with van der Waals surface area (Å²) in [5.74, 6) is -10.6. The van der Waals surface area contributed by atoms with E-state index in [1.807, 2.05) is 0 Å². The molecule has 27 nitrogen and oxygen atoms in total. The lowest BCUT2D eigenvalue weighted by Crippen LogP contribution is -2.61. The topological polar surface area (TPSA) is 425 Å². The molecule has 9 unspecified atom stereocenters. The van der Waals surface area contributed by atoms with Crippen LogP contribution in [0.25, 0.3) is 10.9 Å². The van der Waals surface area contributed by atoms with Gasteiger partial charge >= 0.3 is 0 Å². The zero-order valence-electron chi connectivity index (χ0n) is 42.7. The number of hydrogen-bond acceptors (Lipinski definition) is 14. The average Bonchev–Trinajstić information content (AvgIpc) is 4.17. The Hall–Kier alpha value is -8.46. The monoisotopic (exact) mass is 1070 g/mol. The van der Waals surface area contributed by atoms with Gasteiger partial charge in [-0.05, 0) is 49.3 Å². The van der Waals surface area contributed by atoms with Gasteiger partial charge in [0.05, 0.1) is 32.2 Å². The van der Waals surface area contributed by atoms with Crippen molar-refractivity contribution >= 4 is 81.8 Å². The Labute approximate surface area is 441 Å². The van der Waals surface area contributed by atoms with Crippen LogP contribution >= 0.6 is 0 Å². The molecule has 2 aliphatic rings. The van der Waals surface area contributed by atoms with Crippen molar-refractivity contribution in [2.24, 2.45) is 17.4 Å². The van der Waals surface area contributed by atoms with E-state index in [0.717, 1.165) is 15.8 Å². The number of H-pyrrole nitrogens is 1. The number of primary amides is 2. The van der Waals surface area contributed by atoms with E-state index in [1.54, 1.807) is 74.6 Å². The minimum Gasteiger partial charge on any atom is -0.394 e. The van der Waals surface area contributed by atoms with Crippen molar-refractivity contribution in [1.82, 2.24) is 57.7 Å². The van der Waals surface area contributed by atoms with Crippen molar-refractivity contribution in [3.05, 3.63) is 71.9 Å². The normalized spacial score (nSPS) is 17.7. The first-order valence-corrected chi connectivity index (χ1v) is 25.0. The molecule has 1 aromatic heterocycles. The quantitative estimate of drug-likeness (QED) is 0.0340. The fraction of sp³-hybridized carbons (Fsp3) is 0.480. The zero-order valence-corrected chi connectivity index (χ0v) is 42.7. The van der Waals surface area contributed by atoms with Crippen LogP contribution in [0.5, 0.6) is 0 Å². The second-order valence-corrected chi connectivity index (χ2v) is 19.1. The molecule has 0 aliphatic carbocycles. The van der Waals surface area contributed by atoms with Crippen LogP contribution in [-0.2, 0) is 70.4 Å². The Kier molecular flexibility index (Phi) is 21.5. The van der Waals surface area contributed by atoms with Gasteiger partial charge in [-0.2, -0.15) is 0 Å². The summed E-state index contributed by atoms with van der Waals surface area (Å²) in [5.41, 5.74) is 12.6. The van der Waals surface area contributed by atoms with Gasteiger partial charge in [-0.3, -0.25) is 57.5 Å². The third-order valence-electron chi connectivity index (χ3n) is 12.9. The summed E-state index contributed by atoms with van der Waals surface area (Å²) in [5, 5.41) is 43.1. The summed E-state index contributed by atoms with van der Waals surface area (Å²) in [6, 6.07) is 4.56. The van der Waals surface area contributed by atoms with Gasteiger partial charge in [0.1, 0.15) is 48.3 Å². The Bertz CT molecular complexity index is 2680. The Balaban J connectivity index is 1.24. The number of amides is 12. The van der Waals surface area contributed by atoms with Crippen LogP contribution in [0.1, 0.15) is 64.0 Å². The van der Waals surface area contributed by atoms with Crippen molar-refractivity contribution in [2.75, 3.05) is 26.2 Å². The van der Waals surface area contributed by atoms with Crippen LogP contribution in [-0.4, -0.2) is 172 Å². The maximum Gasteiger partial charge on any atom is 0.248 e. The van der Waals surface area contributed by atoms with E-state index < -0.39 is 151 Å². The molecule has 0 radical (unpaired) electrons. The standard InChI is InChI=1S/C50H67N13O14/c1-25(2)41(62-45(72)31-15-16-38(67)56-31)49(76)59-34(20-37(51)66)47(74)58-32(18-27-10-5-4-6-11-27)46(73)60-35(24-64)50(77)63-17-9-14-36(63)48(75)55-22-39(68)57-33(19-28-21-53-30-13-8-7-12-29(28)30)44(71)54-23-40(69)61-42(26(3)65)43(52)70/h4-8,10-13,21,25-26,31-36,41-42,53,64-65H,9,14-20,22-24H2,1-3H3,(H2,51,66)(H2,52,70)(H,54,71)(H,55,75)(H,56,67)(H,57,68)(H,58,74)(H,59,76)(H,60,73)(H,61,69)(H,62,72). The maximum absolute atomic E-state index is 14.1. The molecule has 3 aromatic rings. The second kappa shape index (κ2) is 27.9. The van der Waals surface area contributed by atoms with E-state index in [2.05, 4.69) is 52.8 Å². The highest BCUT2D eigenvalue weighted by molar-refractivity contribution is 6.00. The molecule has 2 fully saturated rings. The molecule has 416 valence electrons. The number of hydrogen-bond donors (Lipinski definition) is 14. The molecule has 0 saturated carbocycles. The van der Waals surface area contributed by atoms with Crippen molar-refractivity contribution in [2.45, 2.75) is 120 Å². The highest BCUT2D eigenvalue weighted by Gasteiger charge is 2.40. The molecule has 9 atom stereocenters. The van der Waals surface area contributed by atoms with E-state index in [1.165, 1.54) is 6.92 Å². The largest absolute Gasteiger partial charge is 0.394 e. The van der Waals surface area contributed by atoms with Gasteiger partial charge in [-0.15, -0.1) is 0 Å². The summed E-state index contributed by atoms with van der Waals surface area (Å²) < 4.78 is 0. The number of carbonyl (C=O) groups is 12. The van der Waals surface area contributed by atoms with Gasteiger partial charge in [0.2, 0.25) is 70.9 Å². The molecule has 2 saturated heterocycles. The fourth-order valence-electron chi connectivity index (χ4n) is 8.77.